The van der Waals surface area contributed by atoms with E-state index in [1.807, 2.05) is 12.1 Å². The number of hydrogen-bond acceptors (Lipinski definition) is 0. The molecule has 0 N–H and O–H groups in total. The second kappa shape index (κ2) is 11.0. The van der Waals surface area contributed by atoms with Gasteiger partial charge < -0.3 is 0 Å². The molecule has 0 heteroatoms. The van der Waals surface area contributed by atoms with Crippen molar-refractivity contribution in [1.82, 2.24) is 0 Å². The Balaban J connectivity index is 1.92. The normalized spacial score (nSPS) is 10.0. The fourth-order valence-corrected chi connectivity index (χ4v) is 2.47. The fraction of sp³-hybridized carbons (Fsp3) is 0.280. The molecule has 0 aromatic heterocycles. The van der Waals surface area contributed by atoms with Gasteiger partial charge in [0.2, 0.25) is 0 Å². The number of unbranched alkanes of at least 4 members (excludes halogenated alkanes) is 2. The van der Waals surface area contributed by atoms with Crippen LogP contribution in [0.5, 0.6) is 0 Å². The van der Waals surface area contributed by atoms with Crippen molar-refractivity contribution < 1.29 is 0 Å². The van der Waals surface area contributed by atoms with Gasteiger partial charge in [-0.1, -0.05) is 81.4 Å². The summed E-state index contributed by atoms with van der Waals surface area (Å²) in [4.78, 5) is 0. The Kier molecular flexibility index (Phi) is 8.17. The van der Waals surface area contributed by atoms with E-state index in [1.165, 1.54) is 30.4 Å². The van der Waals surface area contributed by atoms with Crippen LogP contribution in [-0.4, -0.2) is 0 Å². The summed E-state index contributed by atoms with van der Waals surface area (Å²) in [6.07, 6.45) is 10.3. The number of aryl methyl sites for hydroxylation is 1. The van der Waals surface area contributed by atoms with Gasteiger partial charge in [-0.3, -0.25) is 0 Å². The van der Waals surface area contributed by atoms with Gasteiger partial charge in [0.15, 0.2) is 0 Å². The molecular weight excluding hydrogens is 300 g/mol. The molecule has 0 atom stereocenters. The Hall–Kier alpha value is -2.70. The van der Waals surface area contributed by atoms with E-state index in [9.17, 15) is 0 Å². The summed E-state index contributed by atoms with van der Waals surface area (Å²) in [7, 11) is 0. The Morgan fingerprint density at radius 1 is 0.760 bits per heavy atom. The average Bonchev–Trinajstić information content (AvgIpc) is 2.65. The highest BCUT2D eigenvalue weighted by Gasteiger charge is 1.91. The molecule has 0 aliphatic heterocycles. The van der Waals surface area contributed by atoms with Crippen LogP contribution in [0.4, 0.5) is 0 Å². The minimum absolute atomic E-state index is 0.998. The van der Waals surface area contributed by atoms with Crippen molar-refractivity contribution in [2.75, 3.05) is 0 Å². The third kappa shape index (κ3) is 7.15. The standard InChI is InChI=1S/C25H26/c1-3-5-6-7-11-23-18-20-25(21-19-23)13-9-8-12-24-16-14-22(10-4-2)15-17-24/h7,11,14-21H,3-6,10H2,1-2H3/b11-7+. The maximum atomic E-state index is 3.10. The van der Waals surface area contributed by atoms with Crippen molar-refractivity contribution in [3.05, 3.63) is 76.9 Å². The lowest BCUT2D eigenvalue weighted by Gasteiger charge is -1.97. The molecule has 0 saturated heterocycles. The van der Waals surface area contributed by atoms with Gasteiger partial charge >= 0.3 is 0 Å². The van der Waals surface area contributed by atoms with Gasteiger partial charge in [-0.2, -0.15) is 0 Å². The minimum Gasteiger partial charge on any atom is -0.0839 e. The van der Waals surface area contributed by atoms with E-state index in [2.05, 4.69) is 86.1 Å². The Bertz CT molecular complexity index is 782. The maximum absolute atomic E-state index is 3.10. The van der Waals surface area contributed by atoms with Gasteiger partial charge in [-0.05, 0) is 60.1 Å². The van der Waals surface area contributed by atoms with Crippen molar-refractivity contribution >= 4 is 6.08 Å². The van der Waals surface area contributed by atoms with E-state index in [4.69, 9.17) is 0 Å². The molecule has 0 radical (unpaired) electrons. The van der Waals surface area contributed by atoms with E-state index in [0.29, 0.717) is 0 Å². The lowest BCUT2D eigenvalue weighted by molar-refractivity contribution is 0.816. The van der Waals surface area contributed by atoms with E-state index < -0.39 is 0 Å². The zero-order valence-electron chi connectivity index (χ0n) is 15.3. The van der Waals surface area contributed by atoms with Crippen LogP contribution in [0.15, 0.2) is 54.6 Å². The van der Waals surface area contributed by atoms with Crippen LogP contribution in [-0.2, 0) is 6.42 Å². The fourth-order valence-electron chi connectivity index (χ4n) is 2.47. The first-order valence-corrected chi connectivity index (χ1v) is 9.19. The Morgan fingerprint density at radius 3 is 1.92 bits per heavy atom. The summed E-state index contributed by atoms with van der Waals surface area (Å²) in [5.41, 5.74) is 4.60. The first kappa shape index (κ1) is 18.6. The van der Waals surface area contributed by atoms with Crippen LogP contribution in [0.2, 0.25) is 0 Å². The maximum Gasteiger partial charge on any atom is 0.0255 e. The number of allylic oxidation sites excluding steroid dienone is 1. The summed E-state index contributed by atoms with van der Waals surface area (Å²) in [6.45, 7) is 4.41. The second-order valence-corrected chi connectivity index (χ2v) is 6.11. The topological polar surface area (TPSA) is 0 Å². The molecule has 0 amide bonds. The van der Waals surface area contributed by atoms with Crippen LogP contribution in [0.3, 0.4) is 0 Å². The molecule has 126 valence electrons. The summed E-state index contributed by atoms with van der Waals surface area (Å²) in [5, 5.41) is 0. The molecule has 0 aliphatic carbocycles. The van der Waals surface area contributed by atoms with Crippen LogP contribution < -0.4 is 0 Å². The van der Waals surface area contributed by atoms with Crippen LogP contribution in [0, 0.1) is 23.7 Å². The third-order valence-corrected chi connectivity index (χ3v) is 3.91. The van der Waals surface area contributed by atoms with Crippen molar-refractivity contribution in [3.8, 4) is 23.7 Å². The van der Waals surface area contributed by atoms with E-state index in [1.54, 1.807) is 0 Å². The zero-order chi connectivity index (χ0) is 17.7. The molecular formula is C25H26. The monoisotopic (exact) mass is 326 g/mol. The third-order valence-electron chi connectivity index (χ3n) is 3.91. The lowest BCUT2D eigenvalue weighted by atomic mass is 10.1. The van der Waals surface area contributed by atoms with E-state index >= 15 is 0 Å². The summed E-state index contributed by atoms with van der Waals surface area (Å²) >= 11 is 0. The smallest absolute Gasteiger partial charge is 0.0255 e. The summed E-state index contributed by atoms with van der Waals surface area (Å²) in [5.74, 6) is 12.1. The van der Waals surface area contributed by atoms with E-state index in [0.717, 1.165) is 24.0 Å². The van der Waals surface area contributed by atoms with E-state index in [-0.39, 0.29) is 0 Å². The second-order valence-electron chi connectivity index (χ2n) is 6.11. The molecule has 0 saturated carbocycles. The highest BCUT2D eigenvalue weighted by Crippen LogP contribution is 2.07. The molecule has 2 aromatic carbocycles. The lowest BCUT2D eigenvalue weighted by Crippen LogP contribution is -1.82. The summed E-state index contributed by atoms with van der Waals surface area (Å²) < 4.78 is 0. The highest BCUT2D eigenvalue weighted by atomic mass is 14.0. The van der Waals surface area contributed by atoms with Crippen LogP contribution >= 0.6 is 0 Å². The molecule has 2 rings (SSSR count). The van der Waals surface area contributed by atoms with Gasteiger partial charge in [0.05, 0.1) is 0 Å². The van der Waals surface area contributed by atoms with Crippen molar-refractivity contribution in [2.45, 2.75) is 46.0 Å². The van der Waals surface area contributed by atoms with Gasteiger partial charge in [0, 0.05) is 11.1 Å². The van der Waals surface area contributed by atoms with Gasteiger partial charge in [-0.15, -0.1) is 0 Å². The zero-order valence-corrected chi connectivity index (χ0v) is 15.3. The van der Waals surface area contributed by atoms with Crippen LogP contribution in [0.25, 0.3) is 6.08 Å². The molecule has 0 fully saturated rings. The number of rotatable bonds is 6. The Labute approximate surface area is 153 Å². The molecule has 0 unspecified atom stereocenters. The predicted octanol–water partition coefficient (Wildman–Crippen LogP) is 6.25. The highest BCUT2D eigenvalue weighted by molar-refractivity contribution is 5.52. The minimum atomic E-state index is 0.998. The van der Waals surface area contributed by atoms with Crippen LogP contribution in [0.1, 0.15) is 61.8 Å². The van der Waals surface area contributed by atoms with Crippen molar-refractivity contribution in [1.29, 1.82) is 0 Å². The SMILES string of the molecule is CCCC/C=C/c1ccc(C#CC#Cc2ccc(CCC)cc2)cc1. The van der Waals surface area contributed by atoms with Gasteiger partial charge in [0.1, 0.15) is 0 Å². The van der Waals surface area contributed by atoms with Gasteiger partial charge in [-0.25, -0.2) is 0 Å². The molecule has 0 spiro atoms. The Morgan fingerprint density at radius 2 is 1.36 bits per heavy atom. The number of benzene rings is 2. The predicted molar refractivity (Wildman–Crippen MR) is 109 cm³/mol. The first-order valence-electron chi connectivity index (χ1n) is 9.19. The van der Waals surface area contributed by atoms with Gasteiger partial charge in [0.25, 0.3) is 0 Å². The molecule has 0 nitrogen and oxygen atoms in total. The molecule has 0 heterocycles. The molecule has 0 aliphatic rings. The largest absolute Gasteiger partial charge is 0.0839 e. The number of hydrogen-bond donors (Lipinski definition) is 0. The van der Waals surface area contributed by atoms with Crippen molar-refractivity contribution in [3.63, 3.8) is 0 Å². The van der Waals surface area contributed by atoms with Crippen molar-refractivity contribution in [2.24, 2.45) is 0 Å². The molecule has 2 aromatic rings. The molecule has 0 bridgehead atoms. The average molecular weight is 326 g/mol. The summed E-state index contributed by atoms with van der Waals surface area (Å²) in [6, 6.07) is 16.7. The first-order chi connectivity index (χ1) is 12.3. The molecule has 25 heavy (non-hydrogen) atoms. The quantitative estimate of drug-likeness (QED) is 0.435.